The minimum atomic E-state index is 0.480. The summed E-state index contributed by atoms with van der Waals surface area (Å²) in [5.74, 6) is 1.88. The maximum atomic E-state index is 5.40. The van der Waals surface area contributed by atoms with Crippen LogP contribution in [-0.4, -0.2) is 62.3 Å². The number of thiazole rings is 1. The highest BCUT2D eigenvalue weighted by molar-refractivity contribution is 7.09. The maximum absolute atomic E-state index is 5.40. The van der Waals surface area contributed by atoms with Gasteiger partial charge in [0.05, 0.1) is 25.5 Å². The molecule has 7 heteroatoms. The van der Waals surface area contributed by atoms with E-state index in [1.807, 2.05) is 7.05 Å². The van der Waals surface area contributed by atoms with Gasteiger partial charge < -0.3 is 15.4 Å². The van der Waals surface area contributed by atoms with Crippen LogP contribution >= 0.6 is 11.3 Å². The molecule has 2 heterocycles. The third kappa shape index (κ3) is 6.37. The second-order valence-corrected chi connectivity index (χ2v) is 7.59. The fourth-order valence-corrected chi connectivity index (χ4v) is 3.51. The normalized spacial score (nSPS) is 18.0. The van der Waals surface area contributed by atoms with E-state index in [0.717, 1.165) is 56.9 Å². The van der Waals surface area contributed by atoms with Gasteiger partial charge in [0.25, 0.3) is 0 Å². The second kappa shape index (κ2) is 9.96. The molecule has 1 aromatic rings. The lowest BCUT2D eigenvalue weighted by molar-refractivity contribution is 0.0320. The van der Waals surface area contributed by atoms with E-state index in [2.05, 4.69) is 51.7 Å². The van der Waals surface area contributed by atoms with E-state index in [1.54, 1.807) is 11.3 Å². The zero-order chi connectivity index (χ0) is 17.4. The number of hydrogen-bond donors (Lipinski definition) is 2. The topological polar surface area (TPSA) is 61.8 Å². The molecule has 1 aliphatic heterocycles. The number of ether oxygens (including phenoxy) is 1. The molecule has 1 atom stereocenters. The van der Waals surface area contributed by atoms with Crippen LogP contribution in [0.5, 0.6) is 0 Å². The summed E-state index contributed by atoms with van der Waals surface area (Å²) in [4.78, 5) is 11.4. The Morgan fingerprint density at radius 3 is 2.71 bits per heavy atom. The van der Waals surface area contributed by atoms with Crippen LogP contribution in [0.1, 0.15) is 37.4 Å². The quantitative estimate of drug-likeness (QED) is 0.579. The Kier molecular flexibility index (Phi) is 7.94. The molecular formula is C17H31N5OS. The summed E-state index contributed by atoms with van der Waals surface area (Å²) in [5, 5.41) is 10.0. The molecule has 24 heavy (non-hydrogen) atoms. The van der Waals surface area contributed by atoms with E-state index in [9.17, 15) is 0 Å². The summed E-state index contributed by atoms with van der Waals surface area (Å²) in [6.07, 6.45) is 0. The third-order valence-corrected chi connectivity index (χ3v) is 4.95. The summed E-state index contributed by atoms with van der Waals surface area (Å²) in [5.41, 5.74) is 1.17. The van der Waals surface area contributed by atoms with Crippen molar-refractivity contribution in [3.05, 3.63) is 16.1 Å². The zero-order valence-corrected chi connectivity index (χ0v) is 16.2. The van der Waals surface area contributed by atoms with Crippen LogP contribution in [0.4, 0.5) is 0 Å². The van der Waals surface area contributed by atoms with E-state index < -0.39 is 0 Å². The maximum Gasteiger partial charge on any atom is 0.191 e. The number of nitrogens with zero attached hydrogens (tertiary/aromatic N) is 3. The van der Waals surface area contributed by atoms with E-state index in [-0.39, 0.29) is 0 Å². The number of morpholine rings is 1. The fraction of sp³-hybridized carbons (Fsp3) is 0.765. The van der Waals surface area contributed by atoms with E-state index in [0.29, 0.717) is 11.8 Å². The van der Waals surface area contributed by atoms with Crippen molar-refractivity contribution in [3.63, 3.8) is 0 Å². The number of rotatable bonds is 7. The molecular weight excluding hydrogens is 322 g/mol. The van der Waals surface area contributed by atoms with Gasteiger partial charge in [-0.25, -0.2) is 4.98 Å². The van der Waals surface area contributed by atoms with Crippen molar-refractivity contribution < 1.29 is 4.74 Å². The van der Waals surface area contributed by atoms with Crippen LogP contribution in [0.3, 0.4) is 0 Å². The van der Waals surface area contributed by atoms with Gasteiger partial charge in [-0.1, -0.05) is 20.8 Å². The van der Waals surface area contributed by atoms with Gasteiger partial charge in [-0.15, -0.1) is 11.3 Å². The molecule has 1 aromatic heterocycles. The van der Waals surface area contributed by atoms with E-state index in [1.165, 1.54) is 5.69 Å². The van der Waals surface area contributed by atoms with Crippen LogP contribution in [0.15, 0.2) is 10.4 Å². The zero-order valence-electron chi connectivity index (χ0n) is 15.3. The first-order valence-electron chi connectivity index (χ1n) is 8.77. The molecule has 0 aliphatic carbocycles. The Balaban J connectivity index is 1.69. The van der Waals surface area contributed by atoms with Gasteiger partial charge in [-0.3, -0.25) is 9.89 Å². The number of nitrogens with one attached hydrogen (secondary N) is 2. The van der Waals surface area contributed by atoms with Crippen molar-refractivity contribution in [1.82, 2.24) is 20.5 Å². The highest BCUT2D eigenvalue weighted by Gasteiger charge is 2.14. The van der Waals surface area contributed by atoms with Crippen molar-refractivity contribution in [2.24, 2.45) is 10.9 Å². The summed E-state index contributed by atoms with van der Waals surface area (Å²) in [6.45, 7) is 13.1. The van der Waals surface area contributed by atoms with Crippen LogP contribution in [0.25, 0.3) is 0 Å². The number of guanidine groups is 1. The van der Waals surface area contributed by atoms with Crippen molar-refractivity contribution in [1.29, 1.82) is 0 Å². The molecule has 1 fully saturated rings. The summed E-state index contributed by atoms with van der Waals surface area (Å²) in [7, 11) is 1.81. The molecule has 1 unspecified atom stereocenters. The van der Waals surface area contributed by atoms with E-state index in [4.69, 9.17) is 4.74 Å². The average Bonchev–Trinajstić information content (AvgIpc) is 3.05. The van der Waals surface area contributed by atoms with Crippen LogP contribution in [0, 0.1) is 5.92 Å². The lowest BCUT2D eigenvalue weighted by atomic mass is 10.1. The first-order valence-corrected chi connectivity index (χ1v) is 9.65. The van der Waals surface area contributed by atoms with Crippen LogP contribution in [-0.2, 0) is 11.3 Å². The van der Waals surface area contributed by atoms with Gasteiger partial charge in [-0.05, 0) is 11.8 Å². The second-order valence-electron chi connectivity index (χ2n) is 6.65. The fourth-order valence-electron chi connectivity index (χ4n) is 2.61. The van der Waals surface area contributed by atoms with Crippen molar-refractivity contribution >= 4 is 17.3 Å². The number of aromatic nitrogens is 1. The molecule has 0 bridgehead atoms. The lowest BCUT2D eigenvalue weighted by Gasteiger charge is -2.29. The largest absolute Gasteiger partial charge is 0.379 e. The average molecular weight is 354 g/mol. The van der Waals surface area contributed by atoms with Crippen LogP contribution < -0.4 is 10.6 Å². The number of hydrogen-bond acceptors (Lipinski definition) is 5. The molecule has 0 spiro atoms. The van der Waals surface area contributed by atoms with Gasteiger partial charge in [-0.2, -0.15) is 0 Å². The Morgan fingerprint density at radius 1 is 1.33 bits per heavy atom. The molecule has 0 aromatic carbocycles. The molecule has 1 saturated heterocycles. The molecule has 1 aliphatic rings. The molecule has 0 radical (unpaired) electrons. The Morgan fingerprint density at radius 2 is 2.08 bits per heavy atom. The summed E-state index contributed by atoms with van der Waals surface area (Å²) >= 11 is 1.70. The predicted octanol–water partition coefficient (Wildman–Crippen LogP) is 1.90. The Bertz CT molecular complexity index is 511. The van der Waals surface area contributed by atoms with Gasteiger partial charge in [0.1, 0.15) is 5.01 Å². The summed E-state index contributed by atoms with van der Waals surface area (Å²) < 4.78 is 5.40. The van der Waals surface area contributed by atoms with Crippen molar-refractivity contribution in [2.75, 3.05) is 46.4 Å². The predicted molar refractivity (Wildman–Crippen MR) is 101 cm³/mol. The van der Waals surface area contributed by atoms with E-state index >= 15 is 0 Å². The summed E-state index contributed by atoms with van der Waals surface area (Å²) in [6, 6.07) is 0. The minimum Gasteiger partial charge on any atom is -0.379 e. The first kappa shape index (κ1) is 19.1. The highest BCUT2D eigenvalue weighted by atomic mass is 32.1. The molecule has 136 valence electrons. The van der Waals surface area contributed by atoms with Crippen molar-refractivity contribution in [3.8, 4) is 0 Å². The van der Waals surface area contributed by atoms with Gasteiger partial charge in [0.2, 0.25) is 0 Å². The SMILES string of the molecule is CN=C(NCc1nc(C(C)C)cs1)NCC(C)CN1CCOCC1. The Hall–Kier alpha value is -1.18. The standard InChI is InChI=1S/C17H31N5OS/c1-13(2)15-12-24-16(21-15)10-20-17(18-4)19-9-14(3)11-22-5-7-23-8-6-22/h12-14H,5-11H2,1-4H3,(H2,18,19,20). The molecule has 0 saturated carbocycles. The van der Waals surface area contributed by atoms with Crippen molar-refractivity contribution in [2.45, 2.75) is 33.2 Å². The highest BCUT2D eigenvalue weighted by Crippen LogP contribution is 2.17. The number of aliphatic imine (C=N–C) groups is 1. The lowest BCUT2D eigenvalue weighted by Crippen LogP contribution is -2.43. The van der Waals surface area contributed by atoms with Gasteiger partial charge in [0.15, 0.2) is 5.96 Å². The molecule has 2 rings (SSSR count). The minimum absolute atomic E-state index is 0.480. The first-order chi connectivity index (χ1) is 11.6. The molecule has 0 amide bonds. The monoisotopic (exact) mass is 353 g/mol. The van der Waals surface area contributed by atoms with Gasteiger partial charge >= 0.3 is 0 Å². The molecule has 2 N–H and O–H groups in total. The third-order valence-electron chi connectivity index (χ3n) is 4.08. The van der Waals surface area contributed by atoms with Crippen LogP contribution in [0.2, 0.25) is 0 Å². The van der Waals surface area contributed by atoms with Gasteiger partial charge in [0, 0.05) is 38.6 Å². The molecule has 6 nitrogen and oxygen atoms in total. The Labute approximate surface area is 149 Å². The smallest absolute Gasteiger partial charge is 0.191 e.